The van der Waals surface area contributed by atoms with Gasteiger partial charge < -0.3 is 4.74 Å². The Morgan fingerprint density at radius 3 is 2.52 bits per heavy atom. The number of benzene rings is 2. The molecule has 0 aliphatic carbocycles. The molecule has 3 nitrogen and oxygen atoms in total. The first-order valence-corrected chi connectivity index (χ1v) is 10.1. The Hall–Kier alpha value is -2.37. The number of thioether (sulfide) groups is 1. The van der Waals surface area contributed by atoms with E-state index in [0.29, 0.717) is 9.23 Å². The lowest BCUT2D eigenvalue weighted by molar-refractivity contribution is -0.123. The van der Waals surface area contributed by atoms with Crippen LogP contribution in [0.3, 0.4) is 0 Å². The second kappa shape index (κ2) is 7.33. The molecule has 1 atom stereocenters. The van der Waals surface area contributed by atoms with Crippen LogP contribution < -0.4 is 4.74 Å². The van der Waals surface area contributed by atoms with Gasteiger partial charge in [-0.05, 0) is 43.2 Å². The maximum Gasteiger partial charge on any atom is 0.266 e. The summed E-state index contributed by atoms with van der Waals surface area (Å²) in [5, 5.41) is 0. The third-order valence-corrected chi connectivity index (χ3v) is 5.86. The molecule has 2 aromatic carbocycles. The van der Waals surface area contributed by atoms with Crippen LogP contribution in [0, 0.1) is 0 Å². The molecule has 2 heterocycles. The van der Waals surface area contributed by atoms with E-state index in [1.54, 1.807) is 4.90 Å². The summed E-state index contributed by atoms with van der Waals surface area (Å²) in [6, 6.07) is 18.0. The number of hydrogen-bond donors (Lipinski definition) is 0. The summed E-state index contributed by atoms with van der Waals surface area (Å²) in [6.07, 6.45) is 3.76. The lowest BCUT2D eigenvalue weighted by Crippen LogP contribution is -2.34. The fourth-order valence-corrected chi connectivity index (χ4v) is 4.76. The van der Waals surface area contributed by atoms with Crippen LogP contribution in [-0.2, 0) is 4.79 Å². The molecule has 136 valence electrons. The smallest absolute Gasteiger partial charge is 0.266 e. The summed E-state index contributed by atoms with van der Waals surface area (Å²) in [5.41, 5.74) is 3.01. The maximum atomic E-state index is 12.8. The average Bonchev–Trinajstić information content (AvgIpc) is 2.95. The van der Waals surface area contributed by atoms with Gasteiger partial charge in [-0.1, -0.05) is 72.5 Å². The Bertz CT molecular complexity index is 963. The highest BCUT2D eigenvalue weighted by atomic mass is 32.2. The van der Waals surface area contributed by atoms with E-state index >= 15 is 0 Å². The normalized spacial score (nSPS) is 20.7. The first-order valence-electron chi connectivity index (χ1n) is 8.84. The molecular formula is C22H19NO2S2. The van der Waals surface area contributed by atoms with Crippen molar-refractivity contribution >= 4 is 40.3 Å². The number of thiocarbonyl (C=S) groups is 1. The number of rotatable bonds is 3. The molecule has 0 N–H and O–H groups in total. The van der Waals surface area contributed by atoms with E-state index in [4.69, 9.17) is 17.0 Å². The topological polar surface area (TPSA) is 29.5 Å². The van der Waals surface area contributed by atoms with Crippen molar-refractivity contribution in [1.29, 1.82) is 0 Å². The number of hydrogen-bond acceptors (Lipinski definition) is 4. The van der Waals surface area contributed by atoms with Crippen molar-refractivity contribution in [3.8, 4) is 5.75 Å². The fourth-order valence-electron chi connectivity index (χ4n) is 3.24. The predicted molar refractivity (Wildman–Crippen MR) is 114 cm³/mol. The fraction of sp³-hybridized carbons (Fsp3) is 0.182. The van der Waals surface area contributed by atoms with Crippen LogP contribution in [0.5, 0.6) is 5.75 Å². The third kappa shape index (κ3) is 3.45. The molecule has 0 aromatic heterocycles. The highest BCUT2D eigenvalue weighted by Crippen LogP contribution is 2.41. The second-order valence-electron chi connectivity index (χ2n) is 6.74. The molecule has 0 saturated carbocycles. The summed E-state index contributed by atoms with van der Waals surface area (Å²) < 4.78 is 6.90. The van der Waals surface area contributed by atoms with E-state index in [2.05, 4.69) is 6.08 Å². The highest BCUT2D eigenvalue weighted by molar-refractivity contribution is 8.26. The van der Waals surface area contributed by atoms with Crippen molar-refractivity contribution in [1.82, 2.24) is 4.90 Å². The maximum absolute atomic E-state index is 12.8. The van der Waals surface area contributed by atoms with Gasteiger partial charge in [0.15, 0.2) is 0 Å². The lowest BCUT2D eigenvalue weighted by atomic mass is 9.95. The minimum atomic E-state index is -0.260. The first kappa shape index (κ1) is 18.0. The van der Waals surface area contributed by atoms with Crippen molar-refractivity contribution in [3.63, 3.8) is 0 Å². The van der Waals surface area contributed by atoms with E-state index in [9.17, 15) is 4.79 Å². The van der Waals surface area contributed by atoms with Gasteiger partial charge in [-0.25, -0.2) is 0 Å². The Kier molecular flexibility index (Phi) is 4.89. The van der Waals surface area contributed by atoms with Crippen molar-refractivity contribution < 1.29 is 9.53 Å². The van der Waals surface area contributed by atoms with Crippen molar-refractivity contribution in [2.45, 2.75) is 26.0 Å². The average molecular weight is 394 g/mol. The number of para-hydroxylation sites is 1. The van der Waals surface area contributed by atoms with Crippen LogP contribution in [0.25, 0.3) is 6.08 Å². The van der Waals surface area contributed by atoms with Crippen molar-refractivity contribution in [2.75, 3.05) is 0 Å². The standard InChI is InChI=1S/C22H19NO2S2/c1-14(2)23-21(24)19(27-22(23)26)13-17-12-16-10-6-7-11-18(16)25-20(17)15-8-4-3-5-9-15/h3-14,20H,1-2H3/b19-13-. The molecule has 2 aromatic rings. The number of amides is 1. The Morgan fingerprint density at radius 2 is 1.81 bits per heavy atom. The monoisotopic (exact) mass is 393 g/mol. The zero-order valence-electron chi connectivity index (χ0n) is 15.1. The number of carbonyl (C=O) groups is 1. The largest absolute Gasteiger partial charge is 0.480 e. The minimum Gasteiger partial charge on any atom is -0.480 e. The summed E-state index contributed by atoms with van der Waals surface area (Å²) in [7, 11) is 0. The lowest BCUT2D eigenvalue weighted by Gasteiger charge is -2.26. The van der Waals surface area contributed by atoms with Gasteiger partial charge in [-0.3, -0.25) is 9.69 Å². The first-order chi connectivity index (χ1) is 13.0. The SMILES string of the molecule is CC(C)N1C(=O)/C(=C/C2=Cc3ccccc3OC2c2ccccc2)SC1=S. The molecule has 2 aliphatic rings. The van der Waals surface area contributed by atoms with E-state index in [1.165, 1.54) is 11.8 Å². The molecule has 0 bridgehead atoms. The summed E-state index contributed by atoms with van der Waals surface area (Å²) in [5.74, 6) is 0.810. The summed E-state index contributed by atoms with van der Waals surface area (Å²) >= 11 is 6.76. The third-order valence-electron chi connectivity index (χ3n) is 4.53. The minimum absolute atomic E-state index is 0.0356. The summed E-state index contributed by atoms with van der Waals surface area (Å²) in [6.45, 7) is 3.94. The van der Waals surface area contributed by atoms with Gasteiger partial charge in [-0.15, -0.1) is 0 Å². The van der Waals surface area contributed by atoms with Gasteiger partial charge in [0, 0.05) is 11.6 Å². The Labute approximate surface area is 168 Å². The zero-order valence-corrected chi connectivity index (χ0v) is 16.7. The van der Waals surface area contributed by atoms with E-state index < -0.39 is 0 Å². The van der Waals surface area contributed by atoms with E-state index in [1.807, 2.05) is 74.5 Å². The molecule has 1 amide bonds. The van der Waals surface area contributed by atoms with Gasteiger partial charge >= 0.3 is 0 Å². The molecule has 27 heavy (non-hydrogen) atoms. The highest BCUT2D eigenvalue weighted by Gasteiger charge is 2.35. The molecule has 5 heteroatoms. The molecule has 0 radical (unpaired) electrons. The zero-order chi connectivity index (χ0) is 19.0. The second-order valence-corrected chi connectivity index (χ2v) is 8.41. The molecule has 4 rings (SSSR count). The molecule has 1 saturated heterocycles. The molecule has 0 spiro atoms. The number of ether oxygens (including phenoxy) is 1. The van der Waals surface area contributed by atoms with Crippen LogP contribution in [0.4, 0.5) is 0 Å². The van der Waals surface area contributed by atoms with Gasteiger partial charge in [0.1, 0.15) is 16.2 Å². The molecular weight excluding hydrogens is 374 g/mol. The molecule has 1 fully saturated rings. The van der Waals surface area contributed by atoms with Crippen LogP contribution in [-0.4, -0.2) is 21.2 Å². The molecule has 2 aliphatic heterocycles. The number of carbonyl (C=O) groups excluding carboxylic acids is 1. The summed E-state index contributed by atoms with van der Waals surface area (Å²) in [4.78, 5) is 15.1. The van der Waals surface area contributed by atoms with Crippen molar-refractivity contribution in [3.05, 3.63) is 82.3 Å². The van der Waals surface area contributed by atoms with Crippen LogP contribution in [0.15, 0.2) is 71.2 Å². The number of nitrogens with zero attached hydrogens (tertiary/aromatic N) is 1. The predicted octanol–water partition coefficient (Wildman–Crippen LogP) is 5.36. The van der Waals surface area contributed by atoms with Gasteiger partial charge in [0.2, 0.25) is 0 Å². The van der Waals surface area contributed by atoms with Crippen LogP contribution in [0.1, 0.15) is 31.1 Å². The van der Waals surface area contributed by atoms with E-state index in [0.717, 1.165) is 22.4 Å². The molecule has 1 unspecified atom stereocenters. The quantitative estimate of drug-likeness (QED) is 0.519. The van der Waals surface area contributed by atoms with E-state index in [-0.39, 0.29) is 18.1 Å². The van der Waals surface area contributed by atoms with Gasteiger partial charge in [0.25, 0.3) is 5.91 Å². The number of fused-ring (bicyclic) bond motifs is 1. The van der Waals surface area contributed by atoms with Crippen LogP contribution in [0.2, 0.25) is 0 Å². The Morgan fingerprint density at radius 1 is 1.11 bits per heavy atom. The van der Waals surface area contributed by atoms with Gasteiger partial charge in [-0.2, -0.15) is 0 Å². The Balaban J connectivity index is 1.77. The van der Waals surface area contributed by atoms with Crippen molar-refractivity contribution in [2.24, 2.45) is 0 Å². The van der Waals surface area contributed by atoms with Crippen LogP contribution >= 0.6 is 24.0 Å². The van der Waals surface area contributed by atoms with Gasteiger partial charge in [0.05, 0.1) is 4.91 Å².